The summed E-state index contributed by atoms with van der Waals surface area (Å²) in [5.41, 5.74) is 0. The van der Waals surface area contributed by atoms with E-state index in [0.29, 0.717) is 19.3 Å². The van der Waals surface area contributed by atoms with E-state index >= 15 is 0 Å². The van der Waals surface area contributed by atoms with Crippen molar-refractivity contribution in [3.05, 3.63) is 85.1 Å². The fraction of sp³-hybridized carbons (Fsp3) is 0.738. The van der Waals surface area contributed by atoms with E-state index in [1.165, 1.54) is 122 Å². The van der Waals surface area contributed by atoms with Gasteiger partial charge in [0, 0.05) is 19.3 Å². The van der Waals surface area contributed by atoms with E-state index < -0.39 is 6.10 Å². The number of unbranched alkanes of at least 4 members (excludes halogenated alkanes) is 29. The minimum Gasteiger partial charge on any atom is -0.462 e. The van der Waals surface area contributed by atoms with Gasteiger partial charge in [-0.15, -0.1) is 0 Å². The van der Waals surface area contributed by atoms with Crippen molar-refractivity contribution in [1.82, 2.24) is 0 Å². The fourth-order valence-corrected chi connectivity index (χ4v) is 8.35. The lowest BCUT2D eigenvalue weighted by atomic mass is 10.1. The molecule has 0 rings (SSSR count). The minimum absolute atomic E-state index is 0.0876. The average Bonchev–Trinajstić information content (AvgIpc) is 3.37. The first-order chi connectivity index (χ1) is 35.0. The summed E-state index contributed by atoms with van der Waals surface area (Å²) in [5, 5.41) is 0. The third-order valence-electron chi connectivity index (χ3n) is 12.8. The van der Waals surface area contributed by atoms with Crippen LogP contribution in [-0.4, -0.2) is 37.2 Å². The number of carbonyl (C=O) groups is 3. The third kappa shape index (κ3) is 57.4. The maximum absolute atomic E-state index is 12.9. The van der Waals surface area contributed by atoms with Crippen LogP contribution in [0.5, 0.6) is 0 Å². The normalized spacial score (nSPS) is 12.7. The summed E-state index contributed by atoms with van der Waals surface area (Å²) < 4.78 is 16.9. The Balaban J connectivity index is 4.38. The quantitative estimate of drug-likeness (QED) is 0.0261. The lowest BCUT2D eigenvalue weighted by Gasteiger charge is -2.18. The molecule has 0 fully saturated rings. The van der Waals surface area contributed by atoms with Gasteiger partial charge in [0.2, 0.25) is 0 Å². The van der Waals surface area contributed by atoms with Crippen molar-refractivity contribution in [3.63, 3.8) is 0 Å². The molecule has 6 heteroatoms. The first-order valence-electron chi connectivity index (χ1n) is 30.1. The van der Waals surface area contributed by atoms with Gasteiger partial charge in [0.05, 0.1) is 0 Å². The predicted molar refractivity (Wildman–Crippen MR) is 307 cm³/mol. The Morgan fingerprint density at radius 3 is 0.930 bits per heavy atom. The number of esters is 3. The van der Waals surface area contributed by atoms with Gasteiger partial charge in [-0.2, -0.15) is 0 Å². The molecule has 71 heavy (non-hydrogen) atoms. The summed E-state index contributed by atoms with van der Waals surface area (Å²) >= 11 is 0. The van der Waals surface area contributed by atoms with Crippen molar-refractivity contribution < 1.29 is 28.6 Å². The zero-order valence-corrected chi connectivity index (χ0v) is 46.7. The summed E-state index contributed by atoms with van der Waals surface area (Å²) in [5.74, 6) is -0.911. The summed E-state index contributed by atoms with van der Waals surface area (Å²) in [7, 11) is 0. The zero-order chi connectivity index (χ0) is 51.4. The number of hydrogen-bond donors (Lipinski definition) is 0. The molecule has 0 N–H and O–H groups in total. The topological polar surface area (TPSA) is 78.9 Å². The van der Waals surface area contributed by atoms with Crippen molar-refractivity contribution in [1.29, 1.82) is 0 Å². The molecule has 0 bridgehead atoms. The Labute approximate surface area is 439 Å². The van der Waals surface area contributed by atoms with Crippen LogP contribution >= 0.6 is 0 Å². The molecule has 0 heterocycles. The van der Waals surface area contributed by atoms with Gasteiger partial charge in [0.15, 0.2) is 6.10 Å². The molecule has 0 aromatic carbocycles. The Hall–Kier alpha value is -3.41. The van der Waals surface area contributed by atoms with Crippen molar-refractivity contribution in [3.8, 4) is 0 Å². The largest absolute Gasteiger partial charge is 0.462 e. The van der Waals surface area contributed by atoms with Crippen LogP contribution in [0.3, 0.4) is 0 Å². The standard InChI is InChI=1S/C65H112O6/c1-4-7-10-13-16-19-22-25-27-29-31-32-34-35-37-40-43-46-49-52-55-58-64(67)70-61-62(60-69-63(66)57-54-51-48-45-42-39-24-21-18-15-12-9-6-3)71-65(68)59-56-53-50-47-44-41-38-36-33-30-28-26-23-20-17-14-11-8-5-2/h8,11-12,15,17,20-21,24,26,28-29,31,33,36,62H,4-7,9-10,13-14,16,18-19,22-23,25,27,30,32,34-35,37-61H2,1-3H3/b11-8-,15-12-,20-17-,24-21-,28-26-,31-29-,36-33-. The zero-order valence-electron chi connectivity index (χ0n) is 46.7. The van der Waals surface area contributed by atoms with Gasteiger partial charge in [-0.05, 0) is 109 Å². The third-order valence-corrected chi connectivity index (χ3v) is 12.8. The van der Waals surface area contributed by atoms with E-state index in [1.54, 1.807) is 0 Å². The van der Waals surface area contributed by atoms with E-state index in [9.17, 15) is 14.4 Å². The number of hydrogen-bond acceptors (Lipinski definition) is 6. The maximum Gasteiger partial charge on any atom is 0.306 e. The molecule has 408 valence electrons. The molecule has 0 radical (unpaired) electrons. The SMILES string of the molecule is CC/C=C\C/C=C\C/C=C\C/C=C\CCCCCCCCC(=O)OC(COC(=O)CCCCCCC/C=C\C/C=C\CCC)COC(=O)CCCCCCCCCCC/C=C\CCCCCCCCCC. The number of rotatable bonds is 54. The molecule has 0 aromatic heterocycles. The van der Waals surface area contributed by atoms with Crippen LogP contribution in [0.1, 0.15) is 290 Å². The van der Waals surface area contributed by atoms with Crippen LogP contribution in [0.15, 0.2) is 85.1 Å². The van der Waals surface area contributed by atoms with Crippen LogP contribution in [0.2, 0.25) is 0 Å². The Morgan fingerprint density at radius 1 is 0.296 bits per heavy atom. The summed E-state index contributed by atoms with van der Waals surface area (Å²) in [6.45, 7) is 6.46. The van der Waals surface area contributed by atoms with Gasteiger partial charge in [0.25, 0.3) is 0 Å². The van der Waals surface area contributed by atoms with E-state index in [1.807, 2.05) is 0 Å². The summed E-state index contributed by atoms with van der Waals surface area (Å²) in [6, 6.07) is 0. The minimum atomic E-state index is -0.792. The molecule has 0 amide bonds. The fourth-order valence-electron chi connectivity index (χ4n) is 8.35. The molecule has 6 nitrogen and oxygen atoms in total. The molecule has 0 aromatic rings. The van der Waals surface area contributed by atoms with E-state index in [-0.39, 0.29) is 31.1 Å². The molecule has 0 aliphatic heterocycles. The van der Waals surface area contributed by atoms with E-state index in [4.69, 9.17) is 14.2 Å². The molecular formula is C65H112O6. The highest BCUT2D eigenvalue weighted by molar-refractivity contribution is 5.71. The average molecular weight is 990 g/mol. The smallest absolute Gasteiger partial charge is 0.306 e. The number of carbonyl (C=O) groups excluding carboxylic acids is 3. The molecule has 1 atom stereocenters. The second-order valence-corrected chi connectivity index (χ2v) is 19.9. The van der Waals surface area contributed by atoms with Gasteiger partial charge in [-0.1, -0.05) is 247 Å². The van der Waals surface area contributed by atoms with Crippen molar-refractivity contribution >= 4 is 17.9 Å². The highest BCUT2D eigenvalue weighted by Gasteiger charge is 2.19. The van der Waals surface area contributed by atoms with Crippen LogP contribution < -0.4 is 0 Å². The van der Waals surface area contributed by atoms with Gasteiger partial charge in [0.1, 0.15) is 13.2 Å². The molecule has 0 saturated carbocycles. The second-order valence-electron chi connectivity index (χ2n) is 19.9. The van der Waals surface area contributed by atoms with E-state index in [2.05, 4.69) is 106 Å². The first kappa shape index (κ1) is 67.6. The predicted octanol–water partition coefficient (Wildman–Crippen LogP) is 20.3. The van der Waals surface area contributed by atoms with E-state index in [0.717, 1.165) is 128 Å². The van der Waals surface area contributed by atoms with Crippen molar-refractivity contribution in [2.24, 2.45) is 0 Å². The molecule has 0 saturated heterocycles. The van der Waals surface area contributed by atoms with Crippen molar-refractivity contribution in [2.45, 2.75) is 297 Å². The molecule has 0 aliphatic carbocycles. The Morgan fingerprint density at radius 2 is 0.577 bits per heavy atom. The Kier molecular flexibility index (Phi) is 56.3. The maximum atomic E-state index is 12.9. The van der Waals surface area contributed by atoms with Crippen LogP contribution in [0, 0.1) is 0 Å². The molecule has 0 aliphatic rings. The highest BCUT2D eigenvalue weighted by Crippen LogP contribution is 2.15. The highest BCUT2D eigenvalue weighted by atomic mass is 16.6. The number of allylic oxidation sites excluding steroid dienone is 14. The van der Waals surface area contributed by atoms with Gasteiger partial charge in [-0.25, -0.2) is 0 Å². The van der Waals surface area contributed by atoms with Gasteiger partial charge >= 0.3 is 17.9 Å². The molecule has 1 unspecified atom stereocenters. The summed E-state index contributed by atoms with van der Waals surface area (Å²) in [6.07, 6.45) is 77.2. The first-order valence-corrected chi connectivity index (χ1v) is 30.1. The van der Waals surface area contributed by atoms with Crippen LogP contribution in [0.25, 0.3) is 0 Å². The van der Waals surface area contributed by atoms with Crippen LogP contribution in [0.4, 0.5) is 0 Å². The van der Waals surface area contributed by atoms with Crippen LogP contribution in [-0.2, 0) is 28.6 Å². The molecular weight excluding hydrogens is 877 g/mol. The lowest BCUT2D eigenvalue weighted by molar-refractivity contribution is -0.167. The van der Waals surface area contributed by atoms with Gasteiger partial charge < -0.3 is 14.2 Å². The lowest BCUT2D eigenvalue weighted by Crippen LogP contribution is -2.30. The van der Waals surface area contributed by atoms with Crippen molar-refractivity contribution in [2.75, 3.05) is 13.2 Å². The van der Waals surface area contributed by atoms with Gasteiger partial charge in [-0.3, -0.25) is 14.4 Å². The number of ether oxygens (including phenoxy) is 3. The molecule has 0 spiro atoms. The monoisotopic (exact) mass is 989 g/mol. The second kappa shape index (κ2) is 59.2. The summed E-state index contributed by atoms with van der Waals surface area (Å²) in [4.78, 5) is 38.2. The Bertz CT molecular complexity index is 1370.